The van der Waals surface area contributed by atoms with E-state index < -0.39 is 0 Å². The molecule has 0 amide bonds. The van der Waals surface area contributed by atoms with Gasteiger partial charge in [-0.25, -0.2) is 9.37 Å². The predicted molar refractivity (Wildman–Crippen MR) is 76.1 cm³/mol. The van der Waals surface area contributed by atoms with Crippen molar-refractivity contribution in [1.82, 2.24) is 10.1 Å². The maximum Gasteiger partial charge on any atom is 0.230 e. The Hall–Kier alpha value is -2.89. The second-order valence-electron chi connectivity index (χ2n) is 4.34. The van der Waals surface area contributed by atoms with Crippen molar-refractivity contribution in [3.8, 4) is 28.3 Å². The van der Waals surface area contributed by atoms with Gasteiger partial charge in [-0.2, -0.15) is 0 Å². The van der Waals surface area contributed by atoms with E-state index in [1.807, 2.05) is 0 Å². The molecule has 6 heteroatoms. The summed E-state index contributed by atoms with van der Waals surface area (Å²) in [6.07, 6.45) is 1.60. The molecule has 2 aromatic heterocycles. The number of anilines is 1. The Bertz CT molecular complexity index is 786. The van der Waals surface area contributed by atoms with Crippen molar-refractivity contribution in [3.63, 3.8) is 0 Å². The van der Waals surface area contributed by atoms with Gasteiger partial charge >= 0.3 is 0 Å². The molecule has 0 aliphatic heterocycles. The maximum atomic E-state index is 13.4. The molecule has 1 aromatic carbocycles. The zero-order chi connectivity index (χ0) is 14.8. The van der Waals surface area contributed by atoms with Crippen LogP contribution in [0.15, 0.2) is 47.1 Å². The first-order valence-corrected chi connectivity index (χ1v) is 6.21. The zero-order valence-corrected chi connectivity index (χ0v) is 11.2. The summed E-state index contributed by atoms with van der Waals surface area (Å²) in [6, 6.07) is 9.59. The lowest BCUT2D eigenvalue weighted by Crippen LogP contribution is -1.93. The SMILES string of the molecule is COc1ncccc1-c1noc(N)c1-c1cccc(F)c1. The van der Waals surface area contributed by atoms with E-state index in [0.29, 0.717) is 28.3 Å². The Labute approximate surface area is 120 Å². The number of hydrogen-bond acceptors (Lipinski definition) is 5. The second-order valence-corrected chi connectivity index (χ2v) is 4.34. The molecule has 2 N–H and O–H groups in total. The minimum absolute atomic E-state index is 0.113. The van der Waals surface area contributed by atoms with Gasteiger partial charge in [-0.15, -0.1) is 0 Å². The molecule has 0 saturated carbocycles. The smallest absolute Gasteiger partial charge is 0.230 e. The molecule has 0 radical (unpaired) electrons. The number of ether oxygens (including phenoxy) is 1. The third-order valence-electron chi connectivity index (χ3n) is 3.05. The quantitative estimate of drug-likeness (QED) is 0.800. The Morgan fingerprint density at radius 2 is 2.10 bits per heavy atom. The van der Waals surface area contributed by atoms with Gasteiger partial charge in [0.05, 0.1) is 18.2 Å². The number of methoxy groups -OCH3 is 1. The summed E-state index contributed by atoms with van der Waals surface area (Å²) in [7, 11) is 1.51. The van der Waals surface area contributed by atoms with E-state index in [1.54, 1.807) is 30.5 Å². The molecular formula is C15H12FN3O2. The molecule has 0 unspecified atom stereocenters. The minimum atomic E-state index is -0.364. The molecule has 106 valence electrons. The van der Waals surface area contributed by atoms with Crippen LogP contribution in [0.2, 0.25) is 0 Å². The predicted octanol–water partition coefficient (Wildman–Crippen LogP) is 3.13. The Morgan fingerprint density at radius 1 is 1.24 bits per heavy atom. The zero-order valence-electron chi connectivity index (χ0n) is 11.2. The first kappa shape index (κ1) is 13.1. The molecular weight excluding hydrogens is 273 g/mol. The van der Waals surface area contributed by atoms with Gasteiger partial charge < -0.3 is 15.0 Å². The molecule has 0 spiro atoms. The van der Waals surface area contributed by atoms with Gasteiger partial charge in [-0.05, 0) is 29.8 Å². The number of halogens is 1. The Kier molecular flexibility index (Phi) is 3.27. The number of benzene rings is 1. The van der Waals surface area contributed by atoms with Crippen molar-refractivity contribution < 1.29 is 13.7 Å². The normalized spacial score (nSPS) is 10.6. The first-order chi connectivity index (χ1) is 10.2. The van der Waals surface area contributed by atoms with Crippen LogP contribution >= 0.6 is 0 Å². The molecule has 2 heterocycles. The number of aromatic nitrogens is 2. The van der Waals surface area contributed by atoms with E-state index in [4.69, 9.17) is 15.0 Å². The fourth-order valence-electron chi connectivity index (χ4n) is 2.14. The van der Waals surface area contributed by atoms with Crippen LogP contribution in [0, 0.1) is 5.82 Å². The van der Waals surface area contributed by atoms with E-state index in [-0.39, 0.29) is 11.7 Å². The van der Waals surface area contributed by atoms with Crippen molar-refractivity contribution in [2.24, 2.45) is 0 Å². The van der Waals surface area contributed by atoms with Gasteiger partial charge in [0.15, 0.2) is 0 Å². The van der Waals surface area contributed by atoms with Crippen LogP contribution in [-0.4, -0.2) is 17.3 Å². The highest BCUT2D eigenvalue weighted by atomic mass is 19.1. The van der Waals surface area contributed by atoms with E-state index in [2.05, 4.69) is 10.1 Å². The van der Waals surface area contributed by atoms with Crippen LogP contribution in [-0.2, 0) is 0 Å². The number of pyridine rings is 1. The summed E-state index contributed by atoms with van der Waals surface area (Å²) in [5, 5.41) is 3.96. The van der Waals surface area contributed by atoms with Crippen molar-refractivity contribution in [2.45, 2.75) is 0 Å². The van der Waals surface area contributed by atoms with E-state index >= 15 is 0 Å². The van der Waals surface area contributed by atoms with Gasteiger partial charge in [0.25, 0.3) is 0 Å². The van der Waals surface area contributed by atoms with Gasteiger partial charge in [0, 0.05) is 6.20 Å². The molecule has 0 aliphatic carbocycles. The summed E-state index contributed by atoms with van der Waals surface area (Å²) in [6.45, 7) is 0. The van der Waals surface area contributed by atoms with Crippen LogP contribution in [0.4, 0.5) is 10.3 Å². The first-order valence-electron chi connectivity index (χ1n) is 6.21. The number of nitrogens with two attached hydrogens (primary N) is 1. The number of nitrogens with zero attached hydrogens (tertiary/aromatic N) is 2. The summed E-state index contributed by atoms with van der Waals surface area (Å²) < 4.78 is 23.7. The summed E-state index contributed by atoms with van der Waals surface area (Å²) in [4.78, 5) is 4.12. The fraction of sp³-hybridized carbons (Fsp3) is 0.0667. The summed E-state index contributed by atoms with van der Waals surface area (Å²) >= 11 is 0. The van der Waals surface area contributed by atoms with Crippen LogP contribution in [0.25, 0.3) is 22.4 Å². The highest BCUT2D eigenvalue weighted by Crippen LogP contribution is 2.39. The van der Waals surface area contributed by atoms with Crippen molar-refractivity contribution in [1.29, 1.82) is 0 Å². The van der Waals surface area contributed by atoms with Gasteiger partial charge in [-0.1, -0.05) is 17.3 Å². The fourth-order valence-corrected chi connectivity index (χ4v) is 2.14. The Morgan fingerprint density at radius 3 is 2.86 bits per heavy atom. The lowest BCUT2D eigenvalue weighted by Gasteiger charge is -2.06. The number of rotatable bonds is 3. The topological polar surface area (TPSA) is 74.2 Å². The monoisotopic (exact) mass is 285 g/mol. The van der Waals surface area contributed by atoms with Crippen molar-refractivity contribution in [2.75, 3.05) is 12.8 Å². The molecule has 0 fully saturated rings. The molecule has 5 nitrogen and oxygen atoms in total. The summed E-state index contributed by atoms with van der Waals surface area (Å²) in [5.41, 5.74) is 8.02. The molecule has 0 atom stereocenters. The molecule has 3 rings (SSSR count). The van der Waals surface area contributed by atoms with Crippen molar-refractivity contribution >= 4 is 5.88 Å². The second kappa shape index (κ2) is 5.24. The molecule has 21 heavy (non-hydrogen) atoms. The van der Waals surface area contributed by atoms with Crippen LogP contribution < -0.4 is 10.5 Å². The number of nitrogen functional groups attached to an aromatic ring is 1. The highest BCUT2D eigenvalue weighted by molar-refractivity contribution is 5.88. The molecule has 0 aliphatic rings. The minimum Gasteiger partial charge on any atom is -0.481 e. The van der Waals surface area contributed by atoms with Gasteiger partial charge in [0.1, 0.15) is 11.5 Å². The Balaban J connectivity index is 2.22. The highest BCUT2D eigenvalue weighted by Gasteiger charge is 2.20. The average molecular weight is 285 g/mol. The van der Waals surface area contributed by atoms with Gasteiger partial charge in [0.2, 0.25) is 11.8 Å². The maximum absolute atomic E-state index is 13.4. The molecule has 0 saturated heterocycles. The van der Waals surface area contributed by atoms with E-state index in [0.717, 1.165) is 0 Å². The average Bonchev–Trinajstić information content (AvgIpc) is 2.88. The lowest BCUT2D eigenvalue weighted by molar-refractivity contribution is 0.398. The lowest BCUT2D eigenvalue weighted by atomic mass is 10.0. The van der Waals surface area contributed by atoms with Crippen LogP contribution in [0.5, 0.6) is 5.88 Å². The molecule has 3 aromatic rings. The standard InChI is InChI=1S/C15H12FN3O2/c1-20-15-11(6-3-7-18-15)13-12(14(17)21-19-13)9-4-2-5-10(16)8-9/h2-8H,17H2,1H3. The van der Waals surface area contributed by atoms with Crippen molar-refractivity contribution in [3.05, 3.63) is 48.4 Å². The van der Waals surface area contributed by atoms with Crippen LogP contribution in [0.1, 0.15) is 0 Å². The van der Waals surface area contributed by atoms with Gasteiger partial charge in [-0.3, -0.25) is 0 Å². The number of hydrogen-bond donors (Lipinski definition) is 1. The van der Waals surface area contributed by atoms with Crippen LogP contribution in [0.3, 0.4) is 0 Å². The molecule has 0 bridgehead atoms. The third-order valence-corrected chi connectivity index (χ3v) is 3.05. The van der Waals surface area contributed by atoms with E-state index in [9.17, 15) is 4.39 Å². The summed E-state index contributed by atoms with van der Waals surface area (Å²) in [5.74, 6) is 0.141. The van der Waals surface area contributed by atoms with E-state index in [1.165, 1.54) is 19.2 Å². The third kappa shape index (κ3) is 2.31. The largest absolute Gasteiger partial charge is 0.481 e.